The number of nitrogens with one attached hydrogen (secondary N) is 1. The molecular formula is C41H77NO10. The number of hydrogen-bond donors (Lipinski definition) is 8. The second-order valence-corrected chi connectivity index (χ2v) is 14.7. The van der Waals surface area contributed by atoms with Crippen LogP contribution in [0.3, 0.4) is 0 Å². The molecule has 52 heavy (non-hydrogen) atoms. The molecule has 1 fully saturated rings. The molecule has 11 nitrogen and oxygen atoms in total. The van der Waals surface area contributed by atoms with Crippen molar-refractivity contribution in [2.75, 3.05) is 13.2 Å². The maximum atomic E-state index is 13.0. The zero-order valence-corrected chi connectivity index (χ0v) is 32.5. The summed E-state index contributed by atoms with van der Waals surface area (Å²) in [5.41, 5.74) is 0. The van der Waals surface area contributed by atoms with Crippen molar-refractivity contribution in [2.45, 2.75) is 217 Å². The summed E-state index contributed by atoms with van der Waals surface area (Å²) in [5.74, 6) is -0.719. The summed E-state index contributed by atoms with van der Waals surface area (Å²) in [6.07, 6.45) is 21.2. The van der Waals surface area contributed by atoms with E-state index in [2.05, 4.69) is 43.5 Å². The zero-order chi connectivity index (χ0) is 38.4. The lowest BCUT2D eigenvalue weighted by atomic mass is 9.98. The van der Waals surface area contributed by atoms with Gasteiger partial charge in [0.1, 0.15) is 36.6 Å². The smallest absolute Gasteiger partial charge is 0.249 e. The summed E-state index contributed by atoms with van der Waals surface area (Å²) in [7, 11) is 0. The fourth-order valence-corrected chi connectivity index (χ4v) is 6.43. The monoisotopic (exact) mass is 744 g/mol. The van der Waals surface area contributed by atoms with Crippen molar-refractivity contribution in [3.8, 4) is 0 Å². The molecule has 0 aromatic heterocycles. The standard InChI is InChI=1S/C41H77NO10/c1-3-5-7-9-11-13-14-15-16-17-18-19-20-21-23-25-27-29-34(45)40(50)42-32(31-51-41-39(49)38(48)37(47)35(30-43)52-41)36(46)33(44)28-26-24-22-12-10-8-6-4-2/h12,18-19,22,32-39,41,43-49H,3-11,13-17,20-21,23-31H2,1-2H3,(H,42,50)/b19-18-,22-12+. The van der Waals surface area contributed by atoms with Gasteiger partial charge in [-0.25, -0.2) is 0 Å². The first-order chi connectivity index (χ1) is 25.2. The van der Waals surface area contributed by atoms with E-state index in [1.165, 1.54) is 64.2 Å². The van der Waals surface area contributed by atoms with Gasteiger partial charge in [0, 0.05) is 0 Å². The first-order valence-electron chi connectivity index (χ1n) is 20.7. The Bertz CT molecular complexity index is 903. The number of carbonyl (C=O) groups excluding carboxylic acids is 1. The Kier molecular flexibility index (Phi) is 29.8. The molecule has 1 aliphatic heterocycles. The number of carbonyl (C=O) groups is 1. The average molecular weight is 744 g/mol. The summed E-state index contributed by atoms with van der Waals surface area (Å²) in [6, 6.07) is -1.18. The van der Waals surface area contributed by atoms with E-state index in [9.17, 15) is 40.5 Å². The highest BCUT2D eigenvalue weighted by molar-refractivity contribution is 5.80. The number of ether oxygens (including phenoxy) is 2. The molecule has 1 saturated heterocycles. The molecule has 11 heteroatoms. The van der Waals surface area contributed by atoms with Crippen molar-refractivity contribution in [1.82, 2.24) is 5.32 Å². The minimum atomic E-state index is -1.67. The Morgan fingerprint density at radius 1 is 0.654 bits per heavy atom. The number of rotatable bonds is 33. The van der Waals surface area contributed by atoms with Crippen molar-refractivity contribution < 1.29 is 50.0 Å². The van der Waals surface area contributed by atoms with Crippen LogP contribution < -0.4 is 5.32 Å². The number of aliphatic hydroxyl groups is 7. The van der Waals surface area contributed by atoms with Gasteiger partial charge in [-0.1, -0.05) is 122 Å². The molecule has 1 heterocycles. The van der Waals surface area contributed by atoms with Crippen molar-refractivity contribution in [3.63, 3.8) is 0 Å². The maximum absolute atomic E-state index is 13.0. The molecule has 1 aliphatic rings. The van der Waals surface area contributed by atoms with E-state index >= 15 is 0 Å². The molecule has 306 valence electrons. The van der Waals surface area contributed by atoms with Crippen molar-refractivity contribution in [1.29, 1.82) is 0 Å². The van der Waals surface area contributed by atoms with Gasteiger partial charge < -0.3 is 50.5 Å². The molecule has 0 aromatic rings. The van der Waals surface area contributed by atoms with Crippen LogP contribution in [0, 0.1) is 0 Å². The van der Waals surface area contributed by atoms with Crippen molar-refractivity contribution >= 4 is 5.91 Å². The van der Waals surface area contributed by atoms with Gasteiger partial charge in [0.2, 0.25) is 5.91 Å². The van der Waals surface area contributed by atoms with Gasteiger partial charge in [-0.3, -0.25) is 4.79 Å². The minimum Gasteiger partial charge on any atom is -0.394 e. The van der Waals surface area contributed by atoms with Gasteiger partial charge in [-0.2, -0.15) is 0 Å². The summed E-state index contributed by atoms with van der Waals surface area (Å²) in [5, 5.41) is 75.1. The molecule has 9 atom stereocenters. The summed E-state index contributed by atoms with van der Waals surface area (Å²) < 4.78 is 11.0. The average Bonchev–Trinajstić information content (AvgIpc) is 3.14. The molecule has 9 unspecified atom stereocenters. The highest BCUT2D eigenvalue weighted by Crippen LogP contribution is 2.23. The van der Waals surface area contributed by atoms with E-state index in [4.69, 9.17) is 9.47 Å². The van der Waals surface area contributed by atoms with E-state index < -0.39 is 74.2 Å². The molecule has 0 aromatic carbocycles. The molecule has 0 radical (unpaired) electrons. The summed E-state index contributed by atoms with van der Waals surface area (Å²) >= 11 is 0. The molecular weight excluding hydrogens is 666 g/mol. The van der Waals surface area contributed by atoms with Gasteiger partial charge in [0.25, 0.3) is 0 Å². The van der Waals surface area contributed by atoms with E-state index in [0.717, 1.165) is 57.8 Å². The quantitative estimate of drug-likeness (QED) is 0.0315. The molecule has 1 rings (SSSR count). The predicted octanol–water partition coefficient (Wildman–Crippen LogP) is 5.49. The normalized spacial score (nSPS) is 23.3. The number of aliphatic hydroxyl groups excluding tert-OH is 7. The van der Waals surface area contributed by atoms with E-state index in [1.807, 2.05) is 0 Å². The van der Waals surface area contributed by atoms with Gasteiger partial charge in [0.15, 0.2) is 6.29 Å². The Morgan fingerprint density at radius 2 is 1.13 bits per heavy atom. The van der Waals surface area contributed by atoms with E-state index in [1.54, 1.807) is 0 Å². The number of allylic oxidation sites excluding steroid dienone is 4. The van der Waals surface area contributed by atoms with Gasteiger partial charge in [0.05, 0.1) is 25.4 Å². The summed E-state index contributed by atoms with van der Waals surface area (Å²) in [4.78, 5) is 13.0. The largest absolute Gasteiger partial charge is 0.394 e. The van der Waals surface area contributed by atoms with Gasteiger partial charge in [-0.15, -0.1) is 0 Å². The number of hydrogen-bond acceptors (Lipinski definition) is 10. The zero-order valence-electron chi connectivity index (χ0n) is 32.5. The SMILES string of the molecule is CCCCC/C=C/CCCC(O)C(O)C(COC1OC(CO)C(O)C(O)C1O)NC(=O)C(O)CCCCCC/C=C\CCCCCCCCCCC. The van der Waals surface area contributed by atoms with Crippen molar-refractivity contribution in [3.05, 3.63) is 24.3 Å². The lowest BCUT2D eigenvalue weighted by Crippen LogP contribution is -2.60. The predicted molar refractivity (Wildman–Crippen MR) is 205 cm³/mol. The van der Waals surface area contributed by atoms with E-state index in [-0.39, 0.29) is 12.8 Å². The third-order valence-electron chi connectivity index (χ3n) is 9.98. The Hall–Kier alpha value is -1.41. The molecule has 0 bridgehead atoms. The van der Waals surface area contributed by atoms with Crippen LogP contribution in [0.25, 0.3) is 0 Å². The van der Waals surface area contributed by atoms with E-state index in [0.29, 0.717) is 12.8 Å². The Balaban J connectivity index is 2.49. The molecule has 0 aliphatic carbocycles. The van der Waals surface area contributed by atoms with Crippen molar-refractivity contribution in [2.24, 2.45) is 0 Å². The molecule has 0 spiro atoms. The van der Waals surface area contributed by atoms with Crippen LogP contribution in [-0.4, -0.2) is 110 Å². The fourth-order valence-electron chi connectivity index (χ4n) is 6.43. The molecule has 8 N–H and O–H groups in total. The van der Waals surface area contributed by atoms with Crippen LogP contribution in [0.4, 0.5) is 0 Å². The van der Waals surface area contributed by atoms with Crippen LogP contribution in [0.15, 0.2) is 24.3 Å². The van der Waals surface area contributed by atoms with Gasteiger partial charge in [-0.05, 0) is 64.2 Å². The number of amides is 1. The molecule has 0 saturated carbocycles. The fraction of sp³-hybridized carbons (Fsp3) is 0.878. The first-order valence-corrected chi connectivity index (χ1v) is 20.7. The van der Waals surface area contributed by atoms with Crippen LogP contribution >= 0.6 is 0 Å². The minimum absolute atomic E-state index is 0.240. The topological polar surface area (TPSA) is 189 Å². The highest BCUT2D eigenvalue weighted by Gasteiger charge is 2.44. The second-order valence-electron chi connectivity index (χ2n) is 14.7. The van der Waals surface area contributed by atoms with Gasteiger partial charge >= 0.3 is 0 Å². The van der Waals surface area contributed by atoms with Crippen LogP contribution in [0.1, 0.15) is 162 Å². The lowest BCUT2D eigenvalue weighted by molar-refractivity contribution is -0.303. The summed E-state index contributed by atoms with van der Waals surface area (Å²) in [6.45, 7) is 3.33. The van der Waals surface area contributed by atoms with Crippen LogP contribution in [-0.2, 0) is 14.3 Å². The molecule has 1 amide bonds. The second kappa shape index (κ2) is 31.9. The highest BCUT2D eigenvalue weighted by atomic mass is 16.7. The third-order valence-corrected chi connectivity index (χ3v) is 9.98. The third kappa shape index (κ3) is 22.1. The maximum Gasteiger partial charge on any atom is 0.249 e. The number of unbranched alkanes of at least 4 members (excludes halogenated alkanes) is 17. The Morgan fingerprint density at radius 3 is 1.69 bits per heavy atom. The first kappa shape index (κ1) is 48.6. The van der Waals surface area contributed by atoms with Crippen LogP contribution in [0.5, 0.6) is 0 Å². The van der Waals surface area contributed by atoms with Crippen LogP contribution in [0.2, 0.25) is 0 Å². The Labute approximate surface area is 314 Å². The lowest BCUT2D eigenvalue weighted by Gasteiger charge is -2.40.